The fraction of sp³-hybridized carbons (Fsp3) is 0.375. The molecule has 2 N–H and O–H groups in total. The highest BCUT2D eigenvalue weighted by molar-refractivity contribution is 7.96. The van der Waals surface area contributed by atoms with E-state index in [1.54, 1.807) is 29.5 Å². The second kappa shape index (κ2) is 7.72. The van der Waals surface area contributed by atoms with Crippen molar-refractivity contribution in [1.29, 1.82) is 0 Å². The van der Waals surface area contributed by atoms with Crippen LogP contribution in [0.4, 0.5) is 0 Å². The zero-order valence-electron chi connectivity index (χ0n) is 18.3. The van der Waals surface area contributed by atoms with Gasteiger partial charge < -0.3 is 14.4 Å². The summed E-state index contributed by atoms with van der Waals surface area (Å²) in [6, 6.07) is 7.87. The monoisotopic (exact) mass is 451 g/mol. The molecule has 3 aromatic rings. The third kappa shape index (κ3) is 2.86. The Hall–Kier alpha value is -2.68. The van der Waals surface area contributed by atoms with Gasteiger partial charge in [-0.3, -0.25) is 9.52 Å². The fourth-order valence-corrected chi connectivity index (χ4v) is 5.29. The number of hydrogen-bond acceptors (Lipinski definition) is 7. The van der Waals surface area contributed by atoms with Crippen LogP contribution < -0.4 is 10.3 Å². The number of nitrogens with zero attached hydrogens (tertiary/aromatic N) is 2. The lowest BCUT2D eigenvalue weighted by atomic mass is 9.86. The van der Waals surface area contributed by atoms with Crippen molar-refractivity contribution >= 4 is 28.8 Å². The Labute approximate surface area is 189 Å². The Morgan fingerprint density at radius 2 is 2.09 bits per heavy atom. The molecule has 1 atom stereocenters. The van der Waals surface area contributed by atoms with E-state index < -0.39 is 11.6 Å². The highest BCUT2D eigenvalue weighted by Gasteiger charge is 2.45. The number of aromatic nitrogens is 2. The molecule has 7 nitrogen and oxygen atoms in total. The number of pyridine rings is 2. The van der Waals surface area contributed by atoms with E-state index in [0.717, 1.165) is 35.1 Å². The Kier molecular flexibility index (Phi) is 5.11. The third-order valence-electron chi connectivity index (χ3n) is 6.68. The summed E-state index contributed by atoms with van der Waals surface area (Å²) in [6.45, 7) is 4.85. The van der Waals surface area contributed by atoms with Gasteiger partial charge in [0.05, 0.1) is 29.0 Å². The minimum Gasteiger partial charge on any atom is -0.458 e. The zero-order chi connectivity index (χ0) is 22.6. The molecule has 0 aliphatic carbocycles. The quantitative estimate of drug-likeness (QED) is 0.356. The second-order valence-corrected chi connectivity index (χ2v) is 8.91. The molecule has 5 rings (SSSR count). The largest absolute Gasteiger partial charge is 0.458 e. The van der Waals surface area contributed by atoms with Crippen LogP contribution in [0.1, 0.15) is 48.1 Å². The van der Waals surface area contributed by atoms with Crippen LogP contribution in [-0.2, 0) is 41.2 Å². The maximum atomic E-state index is 13.4. The molecule has 0 fully saturated rings. The van der Waals surface area contributed by atoms with Crippen LogP contribution in [0.2, 0.25) is 0 Å². The number of nitrogens with one attached hydrogen (secondary N) is 1. The summed E-state index contributed by atoms with van der Waals surface area (Å²) < 4.78 is 10.2. The number of fused-ring (bicyclic) bond motifs is 5. The summed E-state index contributed by atoms with van der Waals surface area (Å²) in [5.74, 6) is -0.707. The molecule has 0 saturated heterocycles. The average Bonchev–Trinajstić information content (AvgIpc) is 3.17. The van der Waals surface area contributed by atoms with Gasteiger partial charge in [0.2, 0.25) is 0 Å². The minimum atomic E-state index is -1.81. The number of carbonyl (C=O) groups excluding carboxylic acids is 1. The number of esters is 1. The van der Waals surface area contributed by atoms with Gasteiger partial charge in [-0.15, -0.1) is 0 Å². The molecule has 2 aromatic heterocycles. The summed E-state index contributed by atoms with van der Waals surface area (Å²) in [5.41, 5.74) is 4.31. The molecule has 8 heteroatoms. The number of rotatable bonds is 5. The molecule has 0 bridgehead atoms. The van der Waals surface area contributed by atoms with Crippen molar-refractivity contribution in [2.75, 3.05) is 6.26 Å². The van der Waals surface area contributed by atoms with Crippen LogP contribution in [0.15, 0.2) is 29.1 Å². The van der Waals surface area contributed by atoms with Gasteiger partial charge in [-0.2, -0.15) is 0 Å². The summed E-state index contributed by atoms with van der Waals surface area (Å²) in [5, 5.41) is 12.2. The molecule has 1 aromatic carbocycles. The van der Waals surface area contributed by atoms with Gasteiger partial charge in [-0.1, -0.05) is 37.9 Å². The fourth-order valence-electron chi connectivity index (χ4n) is 4.99. The van der Waals surface area contributed by atoms with Crippen LogP contribution in [-0.4, -0.2) is 26.9 Å². The number of aryl methyl sites for hydroxylation is 1. The van der Waals surface area contributed by atoms with E-state index in [-0.39, 0.29) is 18.6 Å². The number of cyclic esters (lactones) is 1. The summed E-state index contributed by atoms with van der Waals surface area (Å²) in [7, 11) is 0. The van der Waals surface area contributed by atoms with Crippen LogP contribution in [0, 0.1) is 0 Å². The molecule has 0 radical (unpaired) electrons. The van der Waals surface area contributed by atoms with E-state index >= 15 is 0 Å². The van der Waals surface area contributed by atoms with E-state index in [9.17, 15) is 14.7 Å². The molecule has 0 spiro atoms. The molecule has 2 aliphatic heterocycles. The zero-order valence-corrected chi connectivity index (χ0v) is 19.1. The lowest BCUT2D eigenvalue weighted by Gasteiger charge is -2.31. The van der Waals surface area contributed by atoms with Crippen molar-refractivity contribution in [3.05, 3.63) is 62.4 Å². The van der Waals surface area contributed by atoms with Crippen molar-refractivity contribution < 1.29 is 14.6 Å². The predicted molar refractivity (Wildman–Crippen MR) is 124 cm³/mol. The second-order valence-electron chi connectivity index (χ2n) is 8.21. The topological polar surface area (TPSA) is 93.5 Å². The standard InChI is InChI=1S/C24H25N3O4S/c1-4-14-15-11-27-19(9-17-16(22(27)28)12-31-23(29)24(17,30)5-2)21(15)26-18-8-6-7-13(20(14)18)10-25-32-3/h6-9,25,30H,4-5,10-12H2,1-3H3/t24-/m0/s1. The molecule has 0 unspecified atom stereocenters. The Bertz CT molecular complexity index is 1330. The maximum Gasteiger partial charge on any atom is 0.343 e. The van der Waals surface area contributed by atoms with Crippen LogP contribution >= 0.6 is 11.9 Å². The first kappa shape index (κ1) is 21.2. The lowest BCUT2D eigenvalue weighted by molar-refractivity contribution is -0.172. The van der Waals surface area contributed by atoms with Crippen molar-refractivity contribution in [2.24, 2.45) is 0 Å². The first-order valence-corrected chi connectivity index (χ1v) is 12.0. The smallest absolute Gasteiger partial charge is 0.343 e. The van der Waals surface area contributed by atoms with Gasteiger partial charge in [0, 0.05) is 23.1 Å². The first-order chi connectivity index (χ1) is 15.4. The van der Waals surface area contributed by atoms with E-state index in [1.165, 1.54) is 11.1 Å². The van der Waals surface area contributed by atoms with Gasteiger partial charge in [0.15, 0.2) is 5.60 Å². The minimum absolute atomic E-state index is 0.119. The lowest BCUT2D eigenvalue weighted by Crippen LogP contribution is -2.44. The number of carbonyl (C=O) groups is 1. The van der Waals surface area contributed by atoms with Gasteiger partial charge in [-0.25, -0.2) is 9.78 Å². The average molecular weight is 452 g/mol. The molecule has 4 heterocycles. The Balaban J connectivity index is 1.78. The van der Waals surface area contributed by atoms with Crippen LogP contribution in [0.5, 0.6) is 0 Å². The maximum absolute atomic E-state index is 13.4. The molecule has 0 saturated carbocycles. The highest BCUT2D eigenvalue weighted by Crippen LogP contribution is 2.40. The normalized spacial score (nSPS) is 18.9. The van der Waals surface area contributed by atoms with Crippen molar-refractivity contribution in [3.8, 4) is 11.4 Å². The van der Waals surface area contributed by atoms with Crippen molar-refractivity contribution in [3.63, 3.8) is 0 Å². The summed E-state index contributed by atoms with van der Waals surface area (Å²) in [6.07, 6.45) is 2.94. The van der Waals surface area contributed by atoms with E-state index in [1.807, 2.05) is 18.4 Å². The van der Waals surface area contributed by atoms with E-state index in [0.29, 0.717) is 23.4 Å². The molecule has 2 aliphatic rings. The highest BCUT2D eigenvalue weighted by atomic mass is 32.2. The number of benzene rings is 1. The Morgan fingerprint density at radius 3 is 2.81 bits per heavy atom. The van der Waals surface area contributed by atoms with Crippen LogP contribution in [0.25, 0.3) is 22.3 Å². The molecule has 0 amide bonds. The van der Waals surface area contributed by atoms with Gasteiger partial charge in [0.25, 0.3) is 5.56 Å². The molecular weight excluding hydrogens is 426 g/mol. The van der Waals surface area contributed by atoms with Crippen LogP contribution in [0.3, 0.4) is 0 Å². The van der Waals surface area contributed by atoms with Gasteiger partial charge >= 0.3 is 5.97 Å². The molecule has 166 valence electrons. The summed E-state index contributed by atoms with van der Waals surface area (Å²) >= 11 is 1.57. The predicted octanol–water partition coefficient (Wildman–Crippen LogP) is 3.01. The van der Waals surface area contributed by atoms with E-state index in [2.05, 4.69) is 17.7 Å². The number of ether oxygens (including phenoxy) is 1. The third-order valence-corrected chi connectivity index (χ3v) is 7.11. The number of hydrogen-bond donors (Lipinski definition) is 2. The van der Waals surface area contributed by atoms with E-state index in [4.69, 9.17) is 9.72 Å². The molecule has 32 heavy (non-hydrogen) atoms. The Morgan fingerprint density at radius 1 is 1.28 bits per heavy atom. The summed E-state index contributed by atoms with van der Waals surface area (Å²) in [4.78, 5) is 30.7. The SMILES string of the molecule is CCc1c2c(nc3cccc(CNSC)c13)-c1cc3c(c(=O)n1C2)COC(=O)[C@]3(O)CC. The van der Waals surface area contributed by atoms with Crippen molar-refractivity contribution in [2.45, 2.75) is 52.0 Å². The van der Waals surface area contributed by atoms with Crippen molar-refractivity contribution in [1.82, 2.24) is 14.3 Å². The van der Waals surface area contributed by atoms with Gasteiger partial charge in [-0.05, 0) is 42.4 Å². The molecular formula is C24H25N3O4S. The van der Waals surface area contributed by atoms with Gasteiger partial charge in [0.1, 0.15) is 6.61 Å². The number of aliphatic hydroxyl groups is 1. The first-order valence-electron chi connectivity index (χ1n) is 10.8.